The summed E-state index contributed by atoms with van der Waals surface area (Å²) in [6.45, 7) is 11.3. The molecular formula is C13H27FN2. The van der Waals surface area contributed by atoms with E-state index in [1.807, 2.05) is 0 Å². The molecule has 0 aromatic carbocycles. The topological polar surface area (TPSA) is 6.48 Å². The van der Waals surface area contributed by atoms with Gasteiger partial charge in [-0.25, -0.2) is 4.39 Å². The van der Waals surface area contributed by atoms with Gasteiger partial charge < -0.3 is 4.90 Å². The molecule has 96 valence electrons. The second-order valence-electron chi connectivity index (χ2n) is 5.79. The third kappa shape index (κ3) is 3.70. The number of nitrogens with zero attached hydrogens (tertiary/aromatic N) is 2. The fraction of sp³-hybridized carbons (Fsp3) is 1.00. The molecule has 1 aliphatic rings. The van der Waals surface area contributed by atoms with Gasteiger partial charge in [0.1, 0.15) is 6.17 Å². The van der Waals surface area contributed by atoms with Crippen LogP contribution in [0.1, 0.15) is 34.1 Å². The van der Waals surface area contributed by atoms with Gasteiger partial charge >= 0.3 is 0 Å². The molecule has 1 aliphatic heterocycles. The van der Waals surface area contributed by atoms with E-state index in [-0.39, 0.29) is 6.04 Å². The zero-order valence-corrected chi connectivity index (χ0v) is 11.4. The van der Waals surface area contributed by atoms with Crippen LogP contribution in [0, 0.1) is 5.92 Å². The lowest BCUT2D eigenvalue weighted by atomic mass is 9.99. The molecule has 3 heteroatoms. The average Bonchev–Trinajstić information content (AvgIpc) is 2.15. The number of alkyl halides is 1. The summed E-state index contributed by atoms with van der Waals surface area (Å²) < 4.78 is 14.1. The molecule has 0 bridgehead atoms. The van der Waals surface area contributed by atoms with Crippen LogP contribution in [0.2, 0.25) is 0 Å². The van der Waals surface area contributed by atoms with Gasteiger partial charge in [0.15, 0.2) is 0 Å². The van der Waals surface area contributed by atoms with Gasteiger partial charge in [-0.1, -0.05) is 13.8 Å². The summed E-state index contributed by atoms with van der Waals surface area (Å²) in [7, 11) is 2.06. The van der Waals surface area contributed by atoms with E-state index in [1.54, 1.807) is 0 Å². The molecule has 1 heterocycles. The highest BCUT2D eigenvalue weighted by Gasteiger charge is 2.32. The molecule has 0 radical (unpaired) electrons. The highest BCUT2D eigenvalue weighted by atomic mass is 19.1. The molecule has 0 amide bonds. The summed E-state index contributed by atoms with van der Waals surface area (Å²) in [6.07, 6.45) is 0.266. The van der Waals surface area contributed by atoms with Crippen molar-refractivity contribution in [2.75, 3.05) is 26.7 Å². The minimum absolute atomic E-state index is 0.123. The molecule has 2 nitrogen and oxygen atoms in total. The first kappa shape index (κ1) is 13.9. The Morgan fingerprint density at radius 1 is 1.31 bits per heavy atom. The molecule has 0 spiro atoms. The molecule has 1 fully saturated rings. The highest BCUT2D eigenvalue weighted by molar-refractivity contribution is 4.87. The Hall–Kier alpha value is -0.150. The number of piperidine rings is 1. The van der Waals surface area contributed by atoms with Crippen LogP contribution in [-0.2, 0) is 0 Å². The minimum atomic E-state index is -0.695. The maximum Gasteiger partial charge on any atom is 0.128 e. The number of hydrogen-bond donors (Lipinski definition) is 0. The summed E-state index contributed by atoms with van der Waals surface area (Å²) >= 11 is 0. The van der Waals surface area contributed by atoms with Crippen molar-refractivity contribution >= 4 is 0 Å². The Morgan fingerprint density at radius 3 is 2.38 bits per heavy atom. The molecule has 0 aliphatic carbocycles. The van der Waals surface area contributed by atoms with Gasteiger partial charge in [0.2, 0.25) is 0 Å². The lowest BCUT2D eigenvalue weighted by Crippen LogP contribution is -2.53. The molecular weight excluding hydrogens is 203 g/mol. The van der Waals surface area contributed by atoms with Gasteiger partial charge in [-0.05, 0) is 33.2 Å². The van der Waals surface area contributed by atoms with Crippen LogP contribution < -0.4 is 0 Å². The Labute approximate surface area is 99.8 Å². The second-order valence-corrected chi connectivity index (χ2v) is 5.79. The van der Waals surface area contributed by atoms with Crippen LogP contribution in [-0.4, -0.2) is 54.7 Å². The molecule has 0 aromatic rings. The summed E-state index contributed by atoms with van der Waals surface area (Å²) in [6, 6.07) is 0.590. The minimum Gasteiger partial charge on any atom is -0.300 e. The summed E-state index contributed by atoms with van der Waals surface area (Å²) in [5.74, 6) is 0.611. The third-order valence-corrected chi connectivity index (χ3v) is 3.49. The fourth-order valence-electron chi connectivity index (χ4n) is 2.59. The lowest BCUT2D eigenvalue weighted by Gasteiger charge is -2.41. The van der Waals surface area contributed by atoms with Gasteiger partial charge in [-0.15, -0.1) is 0 Å². The van der Waals surface area contributed by atoms with E-state index >= 15 is 0 Å². The van der Waals surface area contributed by atoms with Crippen molar-refractivity contribution in [3.05, 3.63) is 0 Å². The lowest BCUT2D eigenvalue weighted by molar-refractivity contribution is 0.0295. The van der Waals surface area contributed by atoms with Crippen LogP contribution >= 0.6 is 0 Å². The predicted octanol–water partition coefficient (Wildman–Crippen LogP) is 2.40. The Kier molecular flexibility index (Phi) is 5.19. The van der Waals surface area contributed by atoms with Gasteiger partial charge in [0.05, 0.1) is 0 Å². The molecule has 0 unspecified atom stereocenters. The van der Waals surface area contributed by atoms with Gasteiger partial charge in [-0.3, -0.25) is 4.90 Å². The summed E-state index contributed by atoms with van der Waals surface area (Å²) in [5.41, 5.74) is 0. The van der Waals surface area contributed by atoms with Crippen LogP contribution in [0.5, 0.6) is 0 Å². The van der Waals surface area contributed by atoms with Gasteiger partial charge in [0.25, 0.3) is 0 Å². The highest BCUT2D eigenvalue weighted by Crippen LogP contribution is 2.20. The maximum atomic E-state index is 14.1. The van der Waals surface area contributed by atoms with Crippen molar-refractivity contribution in [2.45, 2.75) is 52.4 Å². The average molecular weight is 230 g/mol. The van der Waals surface area contributed by atoms with Crippen LogP contribution in [0.3, 0.4) is 0 Å². The monoisotopic (exact) mass is 230 g/mol. The molecule has 0 N–H and O–H groups in total. The van der Waals surface area contributed by atoms with Crippen molar-refractivity contribution in [3.63, 3.8) is 0 Å². The fourth-order valence-corrected chi connectivity index (χ4v) is 2.59. The Morgan fingerprint density at radius 2 is 1.94 bits per heavy atom. The molecule has 0 aromatic heterocycles. The van der Waals surface area contributed by atoms with Crippen LogP contribution in [0.15, 0.2) is 0 Å². The second kappa shape index (κ2) is 5.97. The van der Waals surface area contributed by atoms with E-state index in [1.165, 1.54) is 0 Å². The van der Waals surface area contributed by atoms with Crippen molar-refractivity contribution in [1.82, 2.24) is 9.80 Å². The van der Waals surface area contributed by atoms with Gasteiger partial charge in [0, 0.05) is 31.7 Å². The zero-order chi connectivity index (χ0) is 12.3. The van der Waals surface area contributed by atoms with Crippen LogP contribution in [0.25, 0.3) is 0 Å². The zero-order valence-electron chi connectivity index (χ0n) is 11.4. The summed E-state index contributed by atoms with van der Waals surface area (Å²) in [5, 5.41) is 0. The molecule has 0 saturated carbocycles. The van der Waals surface area contributed by atoms with E-state index in [9.17, 15) is 4.39 Å². The van der Waals surface area contributed by atoms with Crippen molar-refractivity contribution in [1.29, 1.82) is 0 Å². The van der Waals surface area contributed by atoms with Crippen molar-refractivity contribution < 1.29 is 4.39 Å². The van der Waals surface area contributed by atoms with Crippen molar-refractivity contribution in [3.8, 4) is 0 Å². The number of rotatable bonds is 4. The smallest absolute Gasteiger partial charge is 0.128 e. The standard InChI is InChI=1S/C13H27FN2/c1-10(2)8-15(5)13-6-7-16(11(3)4)9-12(13)14/h10-13H,6-9H2,1-5H3/t12-,13-/m0/s1. The van der Waals surface area contributed by atoms with Crippen LogP contribution in [0.4, 0.5) is 4.39 Å². The first-order valence-corrected chi connectivity index (χ1v) is 6.50. The third-order valence-electron chi connectivity index (χ3n) is 3.49. The predicted molar refractivity (Wildman–Crippen MR) is 67.5 cm³/mol. The molecule has 1 saturated heterocycles. The maximum absolute atomic E-state index is 14.1. The summed E-state index contributed by atoms with van der Waals surface area (Å²) in [4.78, 5) is 4.44. The van der Waals surface area contributed by atoms with E-state index in [0.29, 0.717) is 18.5 Å². The Bertz CT molecular complexity index is 206. The Balaban J connectivity index is 2.46. The van der Waals surface area contributed by atoms with E-state index < -0.39 is 6.17 Å². The quantitative estimate of drug-likeness (QED) is 0.732. The molecule has 2 atom stereocenters. The number of likely N-dealkylation sites (tertiary alicyclic amines) is 1. The SMILES string of the molecule is CC(C)CN(C)[C@H]1CCN(C(C)C)C[C@@H]1F. The van der Waals surface area contributed by atoms with Crippen molar-refractivity contribution in [2.24, 2.45) is 5.92 Å². The van der Waals surface area contributed by atoms with E-state index in [2.05, 4.69) is 44.5 Å². The number of hydrogen-bond acceptors (Lipinski definition) is 2. The van der Waals surface area contributed by atoms with E-state index in [4.69, 9.17) is 0 Å². The number of halogens is 1. The molecule has 1 rings (SSSR count). The first-order valence-electron chi connectivity index (χ1n) is 6.50. The van der Waals surface area contributed by atoms with E-state index in [0.717, 1.165) is 19.5 Å². The normalized spacial score (nSPS) is 28.3. The van der Waals surface area contributed by atoms with Gasteiger partial charge in [-0.2, -0.15) is 0 Å². The largest absolute Gasteiger partial charge is 0.300 e. The molecule has 16 heavy (non-hydrogen) atoms. The first-order chi connectivity index (χ1) is 7.41.